The first kappa shape index (κ1) is 15.5. The molecule has 2 N–H and O–H groups in total. The molecule has 0 heterocycles. The summed E-state index contributed by atoms with van der Waals surface area (Å²) in [4.78, 5) is 11.9. The molecule has 21 heavy (non-hydrogen) atoms. The Labute approximate surface area is 130 Å². The van der Waals surface area contributed by atoms with Crippen molar-refractivity contribution in [2.24, 2.45) is 0 Å². The Morgan fingerprint density at radius 3 is 2.67 bits per heavy atom. The number of rotatable bonds is 5. The molecule has 1 amide bonds. The number of anilines is 1. The number of halogens is 1. The number of hydrogen-bond donors (Lipinski definition) is 2. The molecule has 3 nitrogen and oxygen atoms in total. The van der Waals surface area contributed by atoms with Crippen molar-refractivity contribution >= 4 is 23.2 Å². The molecule has 2 aromatic carbocycles. The predicted molar refractivity (Wildman–Crippen MR) is 87.7 cm³/mol. The lowest BCUT2D eigenvalue weighted by Crippen LogP contribution is -2.30. The van der Waals surface area contributed by atoms with Crippen molar-refractivity contribution in [2.45, 2.75) is 19.9 Å². The van der Waals surface area contributed by atoms with Gasteiger partial charge in [0, 0.05) is 6.04 Å². The Kier molecular flexibility index (Phi) is 5.37. The van der Waals surface area contributed by atoms with Gasteiger partial charge in [0.2, 0.25) is 5.91 Å². The molecule has 2 rings (SSSR count). The Balaban J connectivity index is 1.88. The summed E-state index contributed by atoms with van der Waals surface area (Å²) < 4.78 is 0. The van der Waals surface area contributed by atoms with Gasteiger partial charge in [-0.1, -0.05) is 53.6 Å². The molecule has 0 aliphatic rings. The van der Waals surface area contributed by atoms with E-state index in [4.69, 9.17) is 11.6 Å². The van der Waals surface area contributed by atoms with E-state index in [1.165, 1.54) is 11.1 Å². The van der Waals surface area contributed by atoms with Crippen LogP contribution in [0.3, 0.4) is 0 Å². The molecule has 0 spiro atoms. The highest BCUT2D eigenvalue weighted by Crippen LogP contribution is 2.20. The summed E-state index contributed by atoms with van der Waals surface area (Å²) in [5.74, 6) is -0.109. The quantitative estimate of drug-likeness (QED) is 0.878. The lowest BCUT2D eigenvalue weighted by Gasteiger charge is -2.15. The first-order valence-electron chi connectivity index (χ1n) is 6.90. The van der Waals surface area contributed by atoms with Crippen molar-refractivity contribution in [1.82, 2.24) is 5.32 Å². The SMILES string of the molecule is Cc1cccc([C@H](C)NCC(=O)Nc2ccccc2Cl)c1. The lowest BCUT2D eigenvalue weighted by molar-refractivity contribution is -0.115. The van der Waals surface area contributed by atoms with E-state index in [1.54, 1.807) is 12.1 Å². The van der Waals surface area contributed by atoms with Crippen molar-refractivity contribution in [2.75, 3.05) is 11.9 Å². The van der Waals surface area contributed by atoms with Crippen LogP contribution in [0.2, 0.25) is 5.02 Å². The summed E-state index contributed by atoms with van der Waals surface area (Å²) in [6.45, 7) is 4.33. The third kappa shape index (κ3) is 4.59. The molecule has 0 aliphatic carbocycles. The van der Waals surface area contributed by atoms with E-state index >= 15 is 0 Å². The first-order valence-corrected chi connectivity index (χ1v) is 7.28. The molecule has 0 saturated carbocycles. The molecule has 0 radical (unpaired) electrons. The lowest BCUT2D eigenvalue weighted by atomic mass is 10.1. The van der Waals surface area contributed by atoms with Gasteiger partial charge in [-0.05, 0) is 31.5 Å². The van der Waals surface area contributed by atoms with Gasteiger partial charge < -0.3 is 10.6 Å². The zero-order chi connectivity index (χ0) is 15.2. The summed E-state index contributed by atoms with van der Waals surface area (Å²) in [7, 11) is 0. The van der Waals surface area contributed by atoms with E-state index < -0.39 is 0 Å². The molecule has 2 aromatic rings. The average molecular weight is 303 g/mol. The zero-order valence-electron chi connectivity index (χ0n) is 12.2. The van der Waals surface area contributed by atoms with Crippen LogP contribution >= 0.6 is 11.6 Å². The maximum Gasteiger partial charge on any atom is 0.238 e. The largest absolute Gasteiger partial charge is 0.324 e. The second-order valence-corrected chi connectivity index (χ2v) is 5.45. The topological polar surface area (TPSA) is 41.1 Å². The number of carbonyl (C=O) groups excluding carboxylic acids is 1. The van der Waals surface area contributed by atoms with Crippen molar-refractivity contribution in [3.8, 4) is 0 Å². The number of aryl methyl sites for hydroxylation is 1. The van der Waals surface area contributed by atoms with Crippen LogP contribution < -0.4 is 10.6 Å². The second kappa shape index (κ2) is 7.25. The normalized spacial score (nSPS) is 12.0. The van der Waals surface area contributed by atoms with Crippen LogP contribution in [-0.4, -0.2) is 12.5 Å². The van der Waals surface area contributed by atoms with E-state index in [1.807, 2.05) is 25.1 Å². The minimum Gasteiger partial charge on any atom is -0.324 e. The molecule has 110 valence electrons. The number of carbonyl (C=O) groups is 1. The summed E-state index contributed by atoms with van der Waals surface area (Å²) in [6, 6.07) is 15.6. The van der Waals surface area contributed by atoms with Gasteiger partial charge in [0.1, 0.15) is 0 Å². The van der Waals surface area contributed by atoms with Gasteiger partial charge in [-0.15, -0.1) is 0 Å². The number of benzene rings is 2. The van der Waals surface area contributed by atoms with E-state index in [0.717, 1.165) is 0 Å². The standard InChI is InChI=1S/C17H19ClN2O/c1-12-6-5-7-14(10-12)13(2)19-11-17(21)20-16-9-4-3-8-15(16)18/h3-10,13,19H,11H2,1-2H3,(H,20,21)/t13-/m0/s1. The van der Waals surface area contributed by atoms with Crippen LogP contribution in [0.1, 0.15) is 24.1 Å². The Hall–Kier alpha value is -1.84. The zero-order valence-corrected chi connectivity index (χ0v) is 12.9. The van der Waals surface area contributed by atoms with Crippen LogP contribution in [0.25, 0.3) is 0 Å². The van der Waals surface area contributed by atoms with Gasteiger partial charge >= 0.3 is 0 Å². The maximum atomic E-state index is 11.9. The Morgan fingerprint density at radius 2 is 1.95 bits per heavy atom. The highest BCUT2D eigenvalue weighted by Gasteiger charge is 2.09. The van der Waals surface area contributed by atoms with Crippen molar-refractivity contribution < 1.29 is 4.79 Å². The van der Waals surface area contributed by atoms with Crippen LogP contribution in [0.5, 0.6) is 0 Å². The maximum absolute atomic E-state index is 11.9. The molecule has 0 aromatic heterocycles. The fourth-order valence-corrected chi connectivity index (χ4v) is 2.24. The van der Waals surface area contributed by atoms with Crippen LogP contribution in [0.15, 0.2) is 48.5 Å². The number of amides is 1. The van der Waals surface area contributed by atoms with Gasteiger partial charge in [-0.2, -0.15) is 0 Å². The van der Waals surface area contributed by atoms with Crippen molar-refractivity contribution in [1.29, 1.82) is 0 Å². The van der Waals surface area contributed by atoms with Crippen LogP contribution in [-0.2, 0) is 4.79 Å². The van der Waals surface area contributed by atoms with E-state index in [0.29, 0.717) is 10.7 Å². The predicted octanol–water partition coefficient (Wildman–Crippen LogP) is 3.94. The highest BCUT2D eigenvalue weighted by molar-refractivity contribution is 6.33. The number of para-hydroxylation sites is 1. The smallest absolute Gasteiger partial charge is 0.238 e. The second-order valence-electron chi connectivity index (χ2n) is 5.04. The van der Waals surface area contributed by atoms with Gasteiger partial charge in [0.15, 0.2) is 0 Å². The summed E-state index contributed by atoms with van der Waals surface area (Å²) in [5, 5.41) is 6.54. The van der Waals surface area contributed by atoms with Gasteiger partial charge in [-0.25, -0.2) is 0 Å². The molecule has 0 aliphatic heterocycles. The third-order valence-corrected chi connectivity index (χ3v) is 3.59. The molecule has 4 heteroatoms. The van der Waals surface area contributed by atoms with E-state index in [2.05, 4.69) is 35.8 Å². The Bertz CT molecular complexity index is 628. The molecular weight excluding hydrogens is 284 g/mol. The average Bonchev–Trinajstić information content (AvgIpc) is 2.47. The van der Waals surface area contributed by atoms with Gasteiger partial charge in [0.25, 0.3) is 0 Å². The summed E-state index contributed by atoms with van der Waals surface area (Å²) in [6.07, 6.45) is 0. The minimum atomic E-state index is -0.109. The Morgan fingerprint density at radius 1 is 1.19 bits per heavy atom. The monoisotopic (exact) mass is 302 g/mol. The molecule has 0 bridgehead atoms. The number of hydrogen-bond acceptors (Lipinski definition) is 2. The number of nitrogens with one attached hydrogen (secondary N) is 2. The molecule has 0 saturated heterocycles. The van der Waals surface area contributed by atoms with Crippen LogP contribution in [0.4, 0.5) is 5.69 Å². The summed E-state index contributed by atoms with van der Waals surface area (Å²) >= 11 is 6.01. The molecule has 0 unspecified atom stereocenters. The van der Waals surface area contributed by atoms with E-state index in [9.17, 15) is 4.79 Å². The van der Waals surface area contributed by atoms with Crippen molar-refractivity contribution in [3.05, 3.63) is 64.7 Å². The highest BCUT2D eigenvalue weighted by atomic mass is 35.5. The fraction of sp³-hybridized carbons (Fsp3) is 0.235. The van der Waals surface area contributed by atoms with Crippen LogP contribution in [0, 0.1) is 6.92 Å². The van der Waals surface area contributed by atoms with Crippen molar-refractivity contribution in [3.63, 3.8) is 0 Å². The first-order chi connectivity index (χ1) is 10.1. The van der Waals surface area contributed by atoms with Gasteiger partial charge in [0.05, 0.1) is 17.3 Å². The summed E-state index contributed by atoms with van der Waals surface area (Å²) in [5.41, 5.74) is 3.01. The van der Waals surface area contributed by atoms with E-state index in [-0.39, 0.29) is 18.5 Å². The molecular formula is C17H19ClN2O. The third-order valence-electron chi connectivity index (χ3n) is 3.26. The fourth-order valence-electron chi connectivity index (χ4n) is 2.06. The molecule has 0 fully saturated rings. The minimum absolute atomic E-state index is 0.109. The molecule has 1 atom stereocenters. The van der Waals surface area contributed by atoms with Gasteiger partial charge in [-0.3, -0.25) is 4.79 Å².